The summed E-state index contributed by atoms with van der Waals surface area (Å²) in [6.07, 6.45) is 0. The topological polar surface area (TPSA) is 104 Å². The van der Waals surface area contributed by atoms with Crippen LogP contribution in [0.3, 0.4) is 0 Å². The highest BCUT2D eigenvalue weighted by Gasteiger charge is 2.14. The molecule has 0 spiro atoms. The number of fused-ring (bicyclic) bond motifs is 1. The number of thiazole rings is 1. The quantitative estimate of drug-likeness (QED) is 0.357. The van der Waals surface area contributed by atoms with E-state index < -0.39 is 16.8 Å². The normalized spacial score (nSPS) is 11.6. The Morgan fingerprint density at radius 2 is 1.96 bits per heavy atom. The number of rotatable bonds is 5. The van der Waals surface area contributed by atoms with Gasteiger partial charge in [-0.15, -0.1) is 0 Å². The number of carbonyl (C=O) groups excluding carboxylic acids is 2. The number of nitrogens with zero attached hydrogens (tertiary/aromatic N) is 3. The molecule has 8 nitrogen and oxygen atoms in total. The van der Waals surface area contributed by atoms with E-state index >= 15 is 0 Å². The standard InChI is InChI=1S/C18H14ClN3O5S/c1-2-27-16(23)10-21-14-8-5-12(19)9-15(14)28-18(21)20-17(24)11-3-6-13(7-4-11)22(25)26/h3-9H,2,10H2,1H3. The first kappa shape index (κ1) is 19.7. The van der Waals surface area contributed by atoms with Crippen molar-refractivity contribution >= 4 is 50.7 Å². The summed E-state index contributed by atoms with van der Waals surface area (Å²) in [5, 5.41) is 11.3. The largest absolute Gasteiger partial charge is 0.465 e. The van der Waals surface area contributed by atoms with Crippen LogP contribution in [-0.2, 0) is 16.1 Å². The molecule has 0 aliphatic rings. The molecular weight excluding hydrogens is 406 g/mol. The third-order valence-corrected chi connectivity index (χ3v) is 5.04. The molecule has 0 aliphatic carbocycles. The van der Waals surface area contributed by atoms with E-state index in [0.717, 1.165) is 4.70 Å². The van der Waals surface area contributed by atoms with Gasteiger partial charge in [0.15, 0.2) is 4.80 Å². The minimum Gasteiger partial charge on any atom is -0.465 e. The first-order valence-corrected chi connectivity index (χ1v) is 9.36. The lowest BCUT2D eigenvalue weighted by Crippen LogP contribution is -2.23. The number of carbonyl (C=O) groups is 2. The second kappa shape index (κ2) is 8.32. The second-order valence-corrected chi connectivity index (χ2v) is 7.05. The van der Waals surface area contributed by atoms with Gasteiger partial charge >= 0.3 is 5.97 Å². The summed E-state index contributed by atoms with van der Waals surface area (Å²) in [6.45, 7) is 1.83. The van der Waals surface area contributed by atoms with Crippen LogP contribution in [0.2, 0.25) is 5.02 Å². The molecule has 3 rings (SSSR count). The van der Waals surface area contributed by atoms with Gasteiger partial charge in [0.25, 0.3) is 11.6 Å². The lowest BCUT2D eigenvalue weighted by atomic mass is 10.2. The number of benzene rings is 2. The highest BCUT2D eigenvalue weighted by atomic mass is 35.5. The first-order chi connectivity index (χ1) is 13.4. The molecule has 0 radical (unpaired) electrons. The van der Waals surface area contributed by atoms with E-state index in [1.165, 1.54) is 35.6 Å². The van der Waals surface area contributed by atoms with Crippen molar-refractivity contribution in [3.8, 4) is 0 Å². The van der Waals surface area contributed by atoms with Crippen molar-refractivity contribution in [2.45, 2.75) is 13.5 Å². The molecule has 0 saturated heterocycles. The summed E-state index contributed by atoms with van der Waals surface area (Å²) in [6, 6.07) is 10.3. The fourth-order valence-electron chi connectivity index (χ4n) is 2.50. The average molecular weight is 420 g/mol. The highest BCUT2D eigenvalue weighted by Crippen LogP contribution is 2.22. The van der Waals surface area contributed by atoms with Crippen molar-refractivity contribution in [3.05, 3.63) is 68.0 Å². The number of hydrogen-bond acceptors (Lipinski definition) is 6. The van der Waals surface area contributed by atoms with Crippen LogP contribution in [0.5, 0.6) is 0 Å². The average Bonchev–Trinajstić information content (AvgIpc) is 2.98. The van der Waals surface area contributed by atoms with Gasteiger partial charge in [-0.1, -0.05) is 22.9 Å². The van der Waals surface area contributed by atoms with Crippen molar-refractivity contribution in [1.29, 1.82) is 0 Å². The van der Waals surface area contributed by atoms with Crippen LogP contribution in [-0.4, -0.2) is 28.0 Å². The fourth-order valence-corrected chi connectivity index (χ4v) is 3.80. The molecule has 144 valence electrons. The number of halogens is 1. The summed E-state index contributed by atoms with van der Waals surface area (Å²) < 4.78 is 7.33. The van der Waals surface area contributed by atoms with Crippen molar-refractivity contribution < 1.29 is 19.2 Å². The molecule has 10 heteroatoms. The fraction of sp³-hybridized carbons (Fsp3) is 0.167. The maximum Gasteiger partial charge on any atom is 0.326 e. The van der Waals surface area contributed by atoms with Gasteiger partial charge in [-0.05, 0) is 37.3 Å². The molecule has 28 heavy (non-hydrogen) atoms. The molecule has 0 saturated carbocycles. The van der Waals surface area contributed by atoms with Crippen LogP contribution in [0.4, 0.5) is 5.69 Å². The van der Waals surface area contributed by atoms with Gasteiger partial charge in [-0.2, -0.15) is 4.99 Å². The van der Waals surface area contributed by atoms with Gasteiger partial charge in [-0.25, -0.2) is 0 Å². The minimum atomic E-state index is -0.579. The van der Waals surface area contributed by atoms with E-state index in [9.17, 15) is 19.7 Å². The van der Waals surface area contributed by atoms with Gasteiger partial charge in [0.1, 0.15) is 6.54 Å². The van der Waals surface area contributed by atoms with Gasteiger partial charge in [0, 0.05) is 22.7 Å². The molecule has 0 atom stereocenters. The number of non-ortho nitro benzene ring substituents is 1. The summed E-state index contributed by atoms with van der Waals surface area (Å²) in [4.78, 5) is 39.1. The molecule has 0 unspecified atom stereocenters. The second-order valence-electron chi connectivity index (χ2n) is 5.61. The monoisotopic (exact) mass is 419 g/mol. The van der Waals surface area contributed by atoms with Gasteiger partial charge < -0.3 is 9.30 Å². The Kier molecular flexibility index (Phi) is 5.86. The molecule has 1 heterocycles. The summed E-state index contributed by atoms with van der Waals surface area (Å²) in [5.41, 5.74) is 0.770. The lowest BCUT2D eigenvalue weighted by molar-refractivity contribution is -0.384. The Morgan fingerprint density at radius 3 is 2.61 bits per heavy atom. The van der Waals surface area contributed by atoms with E-state index in [-0.39, 0.29) is 24.4 Å². The first-order valence-electron chi connectivity index (χ1n) is 8.17. The lowest BCUT2D eigenvalue weighted by Gasteiger charge is -2.05. The van der Waals surface area contributed by atoms with Crippen LogP contribution in [0.15, 0.2) is 47.5 Å². The van der Waals surface area contributed by atoms with Crippen LogP contribution in [0, 0.1) is 10.1 Å². The number of esters is 1. The van der Waals surface area contributed by atoms with Crippen LogP contribution >= 0.6 is 22.9 Å². The Morgan fingerprint density at radius 1 is 1.25 bits per heavy atom. The number of nitro groups is 1. The van der Waals surface area contributed by atoms with Crippen molar-refractivity contribution in [2.24, 2.45) is 4.99 Å². The number of nitro benzene ring substituents is 1. The SMILES string of the molecule is CCOC(=O)Cn1c(=NC(=O)c2ccc([N+](=O)[O-])cc2)sc2cc(Cl)ccc21. The maximum atomic E-state index is 12.5. The minimum absolute atomic E-state index is 0.109. The van der Waals surface area contributed by atoms with Gasteiger partial charge in [-0.3, -0.25) is 19.7 Å². The van der Waals surface area contributed by atoms with Crippen LogP contribution in [0.25, 0.3) is 10.2 Å². The molecule has 1 amide bonds. The van der Waals surface area contributed by atoms with E-state index in [2.05, 4.69) is 4.99 Å². The zero-order valence-corrected chi connectivity index (χ0v) is 16.2. The van der Waals surface area contributed by atoms with E-state index in [0.29, 0.717) is 15.3 Å². The third-order valence-electron chi connectivity index (χ3n) is 3.76. The highest BCUT2D eigenvalue weighted by molar-refractivity contribution is 7.16. The van der Waals surface area contributed by atoms with Crippen LogP contribution in [0.1, 0.15) is 17.3 Å². The summed E-state index contributed by atoms with van der Waals surface area (Å²) >= 11 is 7.24. The molecule has 2 aromatic carbocycles. The van der Waals surface area contributed by atoms with Gasteiger partial charge in [0.05, 0.1) is 21.7 Å². The van der Waals surface area contributed by atoms with Crippen molar-refractivity contribution in [2.75, 3.05) is 6.61 Å². The third kappa shape index (κ3) is 4.26. The zero-order chi connectivity index (χ0) is 20.3. The number of aromatic nitrogens is 1. The van der Waals surface area contributed by atoms with E-state index in [1.807, 2.05) is 0 Å². The number of hydrogen-bond donors (Lipinski definition) is 0. The Hall–Kier alpha value is -3.04. The summed E-state index contributed by atoms with van der Waals surface area (Å²) in [7, 11) is 0. The molecule has 0 bridgehead atoms. The Labute approximate surface area is 167 Å². The number of amides is 1. The zero-order valence-electron chi connectivity index (χ0n) is 14.6. The van der Waals surface area contributed by atoms with Crippen LogP contribution < -0.4 is 4.80 Å². The molecule has 0 N–H and O–H groups in total. The summed E-state index contributed by atoms with van der Waals surface area (Å²) in [5.74, 6) is -1.04. The number of ether oxygens (including phenoxy) is 1. The predicted octanol–water partition coefficient (Wildman–Crippen LogP) is 3.57. The van der Waals surface area contributed by atoms with Crippen molar-refractivity contribution in [1.82, 2.24) is 4.57 Å². The Balaban J connectivity index is 2.05. The smallest absolute Gasteiger partial charge is 0.326 e. The Bertz CT molecular complexity index is 1130. The van der Waals surface area contributed by atoms with Crippen molar-refractivity contribution in [3.63, 3.8) is 0 Å². The van der Waals surface area contributed by atoms with Gasteiger partial charge in [0.2, 0.25) is 0 Å². The van der Waals surface area contributed by atoms with E-state index in [1.54, 1.807) is 29.7 Å². The van der Waals surface area contributed by atoms with E-state index in [4.69, 9.17) is 16.3 Å². The maximum absolute atomic E-state index is 12.5. The molecule has 0 aliphatic heterocycles. The predicted molar refractivity (Wildman–Crippen MR) is 104 cm³/mol. The molecular formula is C18H14ClN3O5S. The molecule has 0 fully saturated rings. The molecule has 3 aromatic rings. The molecule has 1 aromatic heterocycles.